The van der Waals surface area contributed by atoms with Crippen molar-refractivity contribution < 1.29 is 10.3 Å². The van der Waals surface area contributed by atoms with E-state index in [1.54, 1.807) is 19.2 Å². The third kappa shape index (κ3) is 1.47. The van der Waals surface area contributed by atoms with E-state index < -0.39 is 5.54 Å². The molecule has 86 valence electrons. The Morgan fingerprint density at radius 1 is 1.31 bits per heavy atom. The zero-order chi connectivity index (χ0) is 11.9. The molecule has 0 aliphatic carbocycles. The summed E-state index contributed by atoms with van der Waals surface area (Å²) in [5.74, 6) is 0.226. The van der Waals surface area contributed by atoms with Crippen LogP contribution in [0, 0.1) is 0 Å². The molecule has 0 radical (unpaired) electrons. The van der Waals surface area contributed by atoms with Crippen LogP contribution in [0.5, 0.6) is 5.75 Å². The number of hydroxylamine groups is 2. The van der Waals surface area contributed by atoms with Crippen LogP contribution < -0.4 is 0 Å². The average Bonchev–Trinajstić information content (AvgIpc) is 2.63. The highest BCUT2D eigenvalue weighted by molar-refractivity contribution is 5.89. The average molecular weight is 220 g/mol. The first-order valence-corrected chi connectivity index (χ1v) is 5.17. The zero-order valence-corrected chi connectivity index (χ0v) is 9.65. The molecule has 4 nitrogen and oxygen atoms in total. The van der Waals surface area contributed by atoms with Crippen LogP contribution in [-0.4, -0.2) is 27.4 Å². The number of rotatable bonds is 2. The van der Waals surface area contributed by atoms with Crippen molar-refractivity contribution in [2.75, 3.05) is 7.05 Å². The summed E-state index contributed by atoms with van der Waals surface area (Å²) in [7, 11) is 1.60. The van der Waals surface area contributed by atoms with Crippen LogP contribution in [0.2, 0.25) is 0 Å². The van der Waals surface area contributed by atoms with Gasteiger partial charge in [0.2, 0.25) is 0 Å². The number of phenolic OH excluding ortho intramolecular Hbond substituents is 1. The van der Waals surface area contributed by atoms with Crippen LogP contribution >= 0.6 is 0 Å². The molecule has 0 saturated heterocycles. The maximum Gasteiger partial charge on any atom is 0.125 e. The molecule has 3 N–H and O–H groups in total. The van der Waals surface area contributed by atoms with Gasteiger partial charge < -0.3 is 15.3 Å². The summed E-state index contributed by atoms with van der Waals surface area (Å²) in [6.45, 7) is 3.78. The second kappa shape index (κ2) is 3.50. The summed E-state index contributed by atoms with van der Waals surface area (Å²) in [6, 6.07) is 5.33. The Morgan fingerprint density at radius 2 is 2.00 bits per heavy atom. The first-order valence-electron chi connectivity index (χ1n) is 5.17. The minimum atomic E-state index is -0.558. The minimum absolute atomic E-state index is 0.226. The number of aromatic amines is 1. The molecule has 0 saturated carbocycles. The van der Waals surface area contributed by atoms with Gasteiger partial charge in [-0.3, -0.25) is 0 Å². The van der Waals surface area contributed by atoms with E-state index >= 15 is 0 Å². The second-order valence-electron chi connectivity index (χ2n) is 4.48. The number of H-pyrrole nitrogens is 1. The summed E-state index contributed by atoms with van der Waals surface area (Å²) in [4.78, 5) is 3.09. The van der Waals surface area contributed by atoms with Crippen LogP contribution in [0.1, 0.15) is 19.4 Å². The molecule has 2 rings (SSSR count). The highest BCUT2D eigenvalue weighted by Crippen LogP contribution is 2.36. The molecule has 0 unspecified atom stereocenters. The van der Waals surface area contributed by atoms with Gasteiger partial charge in [-0.05, 0) is 26.0 Å². The van der Waals surface area contributed by atoms with Gasteiger partial charge in [-0.15, -0.1) is 0 Å². The summed E-state index contributed by atoms with van der Waals surface area (Å²) < 4.78 is 0. The summed E-state index contributed by atoms with van der Waals surface area (Å²) in [5, 5.41) is 21.4. The van der Waals surface area contributed by atoms with Gasteiger partial charge in [0.05, 0.1) is 5.54 Å². The Bertz CT molecular complexity index is 515. The molecule has 0 atom stereocenters. The highest BCUT2D eigenvalue weighted by atomic mass is 16.5. The summed E-state index contributed by atoms with van der Waals surface area (Å²) >= 11 is 0. The van der Waals surface area contributed by atoms with Gasteiger partial charge >= 0.3 is 0 Å². The smallest absolute Gasteiger partial charge is 0.125 e. The van der Waals surface area contributed by atoms with E-state index in [0.29, 0.717) is 0 Å². The number of benzene rings is 1. The number of hydrogen-bond donors (Lipinski definition) is 3. The highest BCUT2D eigenvalue weighted by Gasteiger charge is 2.28. The van der Waals surface area contributed by atoms with Crippen LogP contribution in [-0.2, 0) is 5.54 Å². The van der Waals surface area contributed by atoms with Crippen LogP contribution in [0.25, 0.3) is 10.9 Å². The van der Waals surface area contributed by atoms with Gasteiger partial charge in [-0.2, -0.15) is 5.06 Å². The topological polar surface area (TPSA) is 59.5 Å². The molecule has 0 aliphatic heterocycles. The Kier molecular flexibility index (Phi) is 2.40. The first kappa shape index (κ1) is 11.0. The van der Waals surface area contributed by atoms with Crippen LogP contribution in [0.4, 0.5) is 0 Å². The van der Waals surface area contributed by atoms with Crippen molar-refractivity contribution in [1.82, 2.24) is 10.0 Å². The standard InChI is InChI=1S/C12H16N2O2/c1-12(2,14(3)16)8-7-13-9-5-4-6-10(15)11(8)9/h4-7,13,15-16H,1-3H3. The lowest BCUT2D eigenvalue weighted by molar-refractivity contribution is -0.142. The normalized spacial score (nSPS) is 12.6. The van der Waals surface area contributed by atoms with Crippen molar-refractivity contribution in [3.05, 3.63) is 30.0 Å². The number of nitrogens with one attached hydrogen (secondary N) is 1. The first-order chi connectivity index (χ1) is 7.44. The van der Waals surface area contributed by atoms with Gasteiger partial charge in [-0.1, -0.05) is 6.07 Å². The van der Waals surface area contributed by atoms with Gasteiger partial charge in [0.15, 0.2) is 0 Å². The van der Waals surface area contributed by atoms with E-state index in [9.17, 15) is 10.3 Å². The van der Waals surface area contributed by atoms with Crippen LogP contribution in [0.15, 0.2) is 24.4 Å². The maximum absolute atomic E-state index is 9.87. The molecule has 4 heteroatoms. The fourth-order valence-electron chi connectivity index (χ4n) is 1.82. The SMILES string of the molecule is CN(O)C(C)(C)c1c[nH]c2cccc(O)c12. The molecule has 1 aromatic carbocycles. The molecule has 0 spiro atoms. The predicted octanol–water partition coefficient (Wildman–Crippen LogP) is 2.43. The molecule has 16 heavy (non-hydrogen) atoms. The quantitative estimate of drug-likeness (QED) is 0.681. The molecule has 0 aliphatic rings. The van der Waals surface area contributed by atoms with Crippen molar-refractivity contribution >= 4 is 10.9 Å². The number of fused-ring (bicyclic) bond motifs is 1. The molecular formula is C12H16N2O2. The fourth-order valence-corrected chi connectivity index (χ4v) is 1.82. The predicted molar refractivity (Wildman–Crippen MR) is 62.5 cm³/mol. The number of nitrogens with zero attached hydrogens (tertiary/aromatic N) is 1. The zero-order valence-electron chi connectivity index (χ0n) is 9.65. The van der Waals surface area contributed by atoms with E-state index in [1.807, 2.05) is 26.1 Å². The van der Waals surface area contributed by atoms with Gasteiger partial charge in [0.25, 0.3) is 0 Å². The van der Waals surface area contributed by atoms with E-state index in [-0.39, 0.29) is 5.75 Å². The Morgan fingerprint density at radius 3 is 2.62 bits per heavy atom. The molecule has 1 aromatic heterocycles. The minimum Gasteiger partial charge on any atom is -0.507 e. The molecule has 0 amide bonds. The fraction of sp³-hybridized carbons (Fsp3) is 0.333. The Labute approximate surface area is 94.1 Å². The lowest BCUT2D eigenvalue weighted by atomic mass is 9.93. The summed E-state index contributed by atoms with van der Waals surface area (Å²) in [5.41, 5.74) is 1.17. The Balaban J connectivity index is 2.71. The molecule has 1 heterocycles. The van der Waals surface area contributed by atoms with Gasteiger partial charge in [0.1, 0.15) is 5.75 Å². The maximum atomic E-state index is 9.87. The van der Waals surface area contributed by atoms with E-state index in [4.69, 9.17) is 0 Å². The van der Waals surface area contributed by atoms with Crippen molar-refractivity contribution in [2.45, 2.75) is 19.4 Å². The largest absolute Gasteiger partial charge is 0.507 e. The van der Waals surface area contributed by atoms with Crippen molar-refractivity contribution in [2.24, 2.45) is 0 Å². The third-order valence-electron chi connectivity index (χ3n) is 3.15. The Hall–Kier alpha value is -1.52. The molecule has 0 fully saturated rings. The second-order valence-corrected chi connectivity index (χ2v) is 4.48. The lowest BCUT2D eigenvalue weighted by Crippen LogP contribution is -2.35. The summed E-state index contributed by atoms with van der Waals surface area (Å²) in [6.07, 6.45) is 1.82. The van der Waals surface area contributed by atoms with Crippen LogP contribution in [0.3, 0.4) is 0 Å². The van der Waals surface area contributed by atoms with Gasteiger partial charge in [0, 0.05) is 29.7 Å². The lowest BCUT2D eigenvalue weighted by Gasteiger charge is -2.30. The number of phenols is 1. The van der Waals surface area contributed by atoms with Crippen molar-refractivity contribution in [1.29, 1.82) is 0 Å². The molecule has 2 aromatic rings. The number of hydrogen-bond acceptors (Lipinski definition) is 3. The molecule has 0 bridgehead atoms. The molecular weight excluding hydrogens is 204 g/mol. The number of aromatic nitrogens is 1. The van der Waals surface area contributed by atoms with Crippen molar-refractivity contribution in [3.63, 3.8) is 0 Å². The van der Waals surface area contributed by atoms with E-state index in [0.717, 1.165) is 21.5 Å². The van der Waals surface area contributed by atoms with E-state index in [1.165, 1.54) is 0 Å². The van der Waals surface area contributed by atoms with Gasteiger partial charge in [-0.25, -0.2) is 0 Å². The van der Waals surface area contributed by atoms with Crippen molar-refractivity contribution in [3.8, 4) is 5.75 Å². The monoisotopic (exact) mass is 220 g/mol. The van der Waals surface area contributed by atoms with E-state index in [2.05, 4.69) is 4.98 Å². The number of aromatic hydroxyl groups is 1. The third-order valence-corrected chi connectivity index (χ3v) is 3.15.